The molecule has 7 heteroatoms. The van der Waals surface area contributed by atoms with Gasteiger partial charge in [0, 0.05) is 18.2 Å². The number of aryl methyl sites for hydroxylation is 1. The fourth-order valence-corrected chi connectivity index (χ4v) is 1.58. The quantitative estimate of drug-likeness (QED) is 0.821. The number of hydrogen-bond acceptors (Lipinski definition) is 5. The van der Waals surface area contributed by atoms with Gasteiger partial charge in [0.15, 0.2) is 5.82 Å². The molecular formula is C11H11FN4OS. The zero-order valence-electron chi connectivity index (χ0n) is 9.61. The van der Waals surface area contributed by atoms with Crippen molar-refractivity contribution in [1.29, 1.82) is 0 Å². The van der Waals surface area contributed by atoms with Gasteiger partial charge in [-0.1, -0.05) is 17.4 Å². The number of aromatic nitrogens is 2. The molecule has 0 bridgehead atoms. The number of hydrogen-bond donors (Lipinski definition) is 2. The average molecular weight is 266 g/mol. The molecule has 94 valence electrons. The molecule has 0 aliphatic rings. The molecule has 0 spiro atoms. The third kappa shape index (κ3) is 2.80. The van der Waals surface area contributed by atoms with Gasteiger partial charge in [0.2, 0.25) is 5.89 Å². The molecule has 0 aliphatic carbocycles. The Morgan fingerprint density at radius 1 is 1.56 bits per heavy atom. The van der Waals surface area contributed by atoms with E-state index in [4.69, 9.17) is 22.5 Å². The molecule has 0 aliphatic heterocycles. The predicted molar refractivity (Wildman–Crippen MR) is 68.6 cm³/mol. The first-order valence-electron chi connectivity index (χ1n) is 5.18. The predicted octanol–water partition coefficient (Wildman–Crippen LogP) is 1.76. The minimum absolute atomic E-state index is 0.0350. The monoisotopic (exact) mass is 266 g/mol. The number of nitrogens with one attached hydrogen (secondary N) is 1. The topological polar surface area (TPSA) is 77.0 Å². The van der Waals surface area contributed by atoms with Crippen LogP contribution in [-0.2, 0) is 6.54 Å². The van der Waals surface area contributed by atoms with Crippen molar-refractivity contribution in [3.8, 4) is 0 Å². The summed E-state index contributed by atoms with van der Waals surface area (Å²) >= 11 is 4.72. The highest BCUT2D eigenvalue weighted by molar-refractivity contribution is 7.80. The summed E-state index contributed by atoms with van der Waals surface area (Å²) in [4.78, 5) is 4.05. The van der Waals surface area contributed by atoms with Crippen LogP contribution in [0.25, 0.3) is 0 Å². The van der Waals surface area contributed by atoms with E-state index in [0.29, 0.717) is 23.9 Å². The van der Waals surface area contributed by atoms with E-state index < -0.39 is 5.82 Å². The highest BCUT2D eigenvalue weighted by atomic mass is 32.1. The van der Waals surface area contributed by atoms with Gasteiger partial charge in [0.25, 0.3) is 0 Å². The summed E-state index contributed by atoms with van der Waals surface area (Å²) in [5, 5.41) is 6.69. The van der Waals surface area contributed by atoms with Crippen LogP contribution >= 0.6 is 12.2 Å². The molecule has 0 radical (unpaired) electrons. The lowest BCUT2D eigenvalue weighted by atomic mass is 10.2. The van der Waals surface area contributed by atoms with Gasteiger partial charge in [-0.15, -0.1) is 0 Å². The van der Waals surface area contributed by atoms with E-state index in [2.05, 4.69) is 15.5 Å². The van der Waals surface area contributed by atoms with Crippen LogP contribution in [0.4, 0.5) is 10.1 Å². The lowest BCUT2D eigenvalue weighted by Gasteiger charge is -2.06. The van der Waals surface area contributed by atoms with Gasteiger partial charge >= 0.3 is 0 Å². The van der Waals surface area contributed by atoms with Crippen LogP contribution < -0.4 is 11.1 Å². The Labute approximate surface area is 108 Å². The van der Waals surface area contributed by atoms with Crippen molar-refractivity contribution in [3.05, 3.63) is 41.3 Å². The summed E-state index contributed by atoms with van der Waals surface area (Å²) < 4.78 is 18.4. The zero-order valence-corrected chi connectivity index (χ0v) is 10.4. The first-order chi connectivity index (χ1) is 8.56. The molecule has 5 nitrogen and oxygen atoms in total. The van der Waals surface area contributed by atoms with Crippen molar-refractivity contribution in [2.24, 2.45) is 5.73 Å². The number of halogens is 1. The lowest BCUT2D eigenvalue weighted by Crippen LogP contribution is -2.12. The minimum atomic E-state index is -0.461. The van der Waals surface area contributed by atoms with Crippen molar-refractivity contribution in [3.63, 3.8) is 0 Å². The highest BCUT2D eigenvalue weighted by Crippen LogP contribution is 2.15. The van der Waals surface area contributed by atoms with E-state index >= 15 is 0 Å². The Kier molecular flexibility index (Phi) is 3.52. The average Bonchev–Trinajstić information content (AvgIpc) is 2.72. The summed E-state index contributed by atoms with van der Waals surface area (Å²) in [6.45, 7) is 2.05. The first-order valence-corrected chi connectivity index (χ1v) is 5.59. The zero-order chi connectivity index (χ0) is 13.1. The summed E-state index contributed by atoms with van der Waals surface area (Å²) in [6, 6.07) is 4.54. The molecule has 2 aromatic rings. The Hall–Kier alpha value is -2.02. The molecule has 1 heterocycles. The first kappa shape index (κ1) is 12.4. The van der Waals surface area contributed by atoms with Gasteiger partial charge in [0.1, 0.15) is 10.8 Å². The molecule has 1 aromatic carbocycles. The van der Waals surface area contributed by atoms with Crippen LogP contribution in [0.2, 0.25) is 0 Å². The molecule has 0 unspecified atom stereocenters. The Balaban J connectivity index is 2.06. The molecular weight excluding hydrogens is 255 g/mol. The second kappa shape index (κ2) is 5.09. The van der Waals surface area contributed by atoms with Crippen molar-refractivity contribution < 1.29 is 8.91 Å². The second-order valence-electron chi connectivity index (χ2n) is 3.64. The van der Waals surface area contributed by atoms with Crippen LogP contribution in [0, 0.1) is 12.7 Å². The molecule has 0 saturated heterocycles. The number of rotatable bonds is 4. The summed E-state index contributed by atoms with van der Waals surface area (Å²) in [5.41, 5.74) is 6.19. The lowest BCUT2D eigenvalue weighted by molar-refractivity contribution is 0.388. The smallest absolute Gasteiger partial charge is 0.223 e. The normalized spacial score (nSPS) is 10.3. The Morgan fingerprint density at radius 2 is 2.33 bits per heavy atom. The molecule has 18 heavy (non-hydrogen) atoms. The van der Waals surface area contributed by atoms with E-state index in [1.807, 2.05) is 0 Å². The number of benzene rings is 1. The van der Waals surface area contributed by atoms with Gasteiger partial charge in [-0.05, 0) is 18.2 Å². The maximum absolute atomic E-state index is 13.6. The third-order valence-electron chi connectivity index (χ3n) is 2.25. The van der Waals surface area contributed by atoms with Gasteiger partial charge in [0.05, 0.1) is 6.54 Å². The largest absolute Gasteiger partial charge is 0.389 e. The Bertz CT molecular complexity index is 584. The molecule has 2 rings (SSSR count). The van der Waals surface area contributed by atoms with E-state index in [0.717, 1.165) is 0 Å². The number of nitrogens with two attached hydrogens (primary N) is 1. The number of thiocarbonyl (C=S) groups is 1. The highest BCUT2D eigenvalue weighted by Gasteiger charge is 2.07. The third-order valence-corrected chi connectivity index (χ3v) is 2.47. The summed E-state index contributed by atoms with van der Waals surface area (Å²) in [5.74, 6) is 0.532. The fraction of sp³-hybridized carbons (Fsp3) is 0.182. The molecule has 0 amide bonds. The SMILES string of the molecule is Cc1nc(CNc2ccc(C(N)=S)c(F)c2)no1. The Morgan fingerprint density at radius 3 is 2.89 bits per heavy atom. The van der Waals surface area contributed by atoms with Gasteiger partial charge < -0.3 is 15.6 Å². The van der Waals surface area contributed by atoms with Crippen LogP contribution in [0.3, 0.4) is 0 Å². The van der Waals surface area contributed by atoms with E-state index in [9.17, 15) is 4.39 Å². The van der Waals surface area contributed by atoms with Crippen molar-refractivity contribution in [1.82, 2.24) is 10.1 Å². The number of nitrogens with zero attached hydrogens (tertiary/aromatic N) is 2. The van der Waals surface area contributed by atoms with E-state index in [-0.39, 0.29) is 10.6 Å². The van der Waals surface area contributed by atoms with Crippen LogP contribution in [-0.4, -0.2) is 15.1 Å². The van der Waals surface area contributed by atoms with Crippen LogP contribution in [0.15, 0.2) is 22.7 Å². The van der Waals surface area contributed by atoms with Gasteiger partial charge in [-0.2, -0.15) is 4.98 Å². The summed E-state index contributed by atoms with van der Waals surface area (Å²) in [7, 11) is 0. The van der Waals surface area contributed by atoms with Crippen LogP contribution in [0.1, 0.15) is 17.3 Å². The molecule has 0 fully saturated rings. The molecule has 1 aromatic heterocycles. The van der Waals surface area contributed by atoms with E-state index in [1.165, 1.54) is 12.1 Å². The standard InChI is InChI=1S/C11H11FN4OS/c1-6-15-10(16-17-6)5-14-7-2-3-8(11(13)18)9(12)4-7/h2-4,14H,5H2,1H3,(H2,13,18). The van der Waals surface area contributed by atoms with Crippen molar-refractivity contribution >= 4 is 22.9 Å². The van der Waals surface area contributed by atoms with Crippen LogP contribution in [0.5, 0.6) is 0 Å². The maximum atomic E-state index is 13.6. The number of anilines is 1. The summed E-state index contributed by atoms with van der Waals surface area (Å²) in [6.07, 6.45) is 0. The fourth-order valence-electron chi connectivity index (χ4n) is 1.42. The van der Waals surface area contributed by atoms with Gasteiger partial charge in [-0.3, -0.25) is 0 Å². The van der Waals surface area contributed by atoms with Gasteiger partial charge in [-0.25, -0.2) is 4.39 Å². The minimum Gasteiger partial charge on any atom is -0.389 e. The van der Waals surface area contributed by atoms with Crippen molar-refractivity contribution in [2.45, 2.75) is 13.5 Å². The maximum Gasteiger partial charge on any atom is 0.223 e. The van der Waals surface area contributed by atoms with Crippen molar-refractivity contribution in [2.75, 3.05) is 5.32 Å². The second-order valence-corrected chi connectivity index (χ2v) is 4.08. The molecule has 0 atom stereocenters. The molecule has 0 saturated carbocycles. The van der Waals surface area contributed by atoms with E-state index in [1.54, 1.807) is 13.0 Å². The molecule has 3 N–H and O–H groups in total.